The average Bonchev–Trinajstić information content (AvgIpc) is 3.02. The Morgan fingerprint density at radius 3 is 2.68 bits per heavy atom. The number of hydrogen-bond donors (Lipinski definition) is 0. The van der Waals surface area contributed by atoms with Gasteiger partial charge >= 0.3 is 0 Å². The zero-order chi connectivity index (χ0) is 17.8. The van der Waals surface area contributed by atoms with Crippen molar-refractivity contribution in [3.63, 3.8) is 0 Å². The quantitative estimate of drug-likeness (QED) is 0.645. The van der Waals surface area contributed by atoms with Crippen molar-refractivity contribution in [2.45, 2.75) is 13.1 Å². The SMILES string of the molecule is CN(Cc1cnn(Cc2ccccc2)c1)C(=O)c1ccc(Br)cc1F. The molecule has 0 fully saturated rings. The largest absolute Gasteiger partial charge is 0.337 e. The Morgan fingerprint density at radius 2 is 1.96 bits per heavy atom. The van der Waals surface area contributed by atoms with E-state index in [1.165, 1.54) is 17.0 Å². The molecule has 0 saturated heterocycles. The molecular weight excluding hydrogens is 385 g/mol. The predicted molar refractivity (Wildman–Crippen MR) is 97.7 cm³/mol. The summed E-state index contributed by atoms with van der Waals surface area (Å²) in [6, 6.07) is 14.4. The van der Waals surface area contributed by atoms with Crippen molar-refractivity contribution >= 4 is 21.8 Å². The van der Waals surface area contributed by atoms with Crippen LogP contribution in [0.1, 0.15) is 21.5 Å². The first kappa shape index (κ1) is 17.4. The first-order chi connectivity index (χ1) is 12.0. The third-order valence-corrected chi connectivity index (χ3v) is 4.30. The maximum absolute atomic E-state index is 14.0. The van der Waals surface area contributed by atoms with Gasteiger partial charge in [-0.05, 0) is 23.8 Å². The van der Waals surface area contributed by atoms with Gasteiger partial charge in [0.1, 0.15) is 5.82 Å². The minimum absolute atomic E-state index is 0.0578. The highest BCUT2D eigenvalue weighted by Crippen LogP contribution is 2.17. The van der Waals surface area contributed by atoms with Gasteiger partial charge in [0, 0.05) is 29.8 Å². The van der Waals surface area contributed by atoms with Crippen LogP contribution in [-0.2, 0) is 13.1 Å². The number of benzene rings is 2. The highest BCUT2D eigenvalue weighted by Gasteiger charge is 2.17. The summed E-state index contributed by atoms with van der Waals surface area (Å²) < 4.78 is 16.4. The number of aromatic nitrogens is 2. The van der Waals surface area contributed by atoms with Crippen LogP contribution in [0.4, 0.5) is 4.39 Å². The van der Waals surface area contributed by atoms with Crippen molar-refractivity contribution < 1.29 is 9.18 Å². The number of rotatable bonds is 5. The van der Waals surface area contributed by atoms with Gasteiger partial charge in [0.05, 0.1) is 18.3 Å². The summed E-state index contributed by atoms with van der Waals surface area (Å²) in [5.74, 6) is -0.896. The van der Waals surface area contributed by atoms with E-state index in [1.54, 1.807) is 19.3 Å². The minimum atomic E-state index is -0.536. The lowest BCUT2D eigenvalue weighted by molar-refractivity contribution is 0.0780. The molecule has 0 bridgehead atoms. The van der Waals surface area contributed by atoms with Crippen molar-refractivity contribution in [3.05, 3.63) is 87.9 Å². The normalized spacial score (nSPS) is 10.7. The summed E-state index contributed by atoms with van der Waals surface area (Å²) in [4.78, 5) is 13.9. The lowest BCUT2D eigenvalue weighted by Crippen LogP contribution is -2.26. The fourth-order valence-corrected chi connectivity index (χ4v) is 2.89. The van der Waals surface area contributed by atoms with Gasteiger partial charge in [-0.25, -0.2) is 4.39 Å². The molecule has 2 aromatic carbocycles. The van der Waals surface area contributed by atoms with E-state index >= 15 is 0 Å². The topological polar surface area (TPSA) is 38.1 Å². The molecule has 3 aromatic rings. The third kappa shape index (κ3) is 4.33. The molecule has 0 aliphatic carbocycles. The molecule has 4 nitrogen and oxygen atoms in total. The van der Waals surface area contributed by atoms with Crippen LogP contribution < -0.4 is 0 Å². The molecule has 0 spiro atoms. The van der Waals surface area contributed by atoms with E-state index in [0.717, 1.165) is 11.1 Å². The lowest BCUT2D eigenvalue weighted by Gasteiger charge is -2.16. The van der Waals surface area contributed by atoms with E-state index in [-0.39, 0.29) is 11.5 Å². The van der Waals surface area contributed by atoms with Crippen LogP contribution in [0.15, 0.2) is 65.4 Å². The standard InChI is InChI=1S/C19H17BrFN3O/c1-23(19(25)17-8-7-16(20)9-18(17)21)11-15-10-22-24(13-15)12-14-5-3-2-4-6-14/h2-10,13H,11-12H2,1H3. The summed E-state index contributed by atoms with van der Waals surface area (Å²) in [5.41, 5.74) is 2.10. The highest BCUT2D eigenvalue weighted by atomic mass is 79.9. The molecule has 0 atom stereocenters. The smallest absolute Gasteiger partial charge is 0.256 e. The van der Waals surface area contributed by atoms with E-state index in [0.29, 0.717) is 17.6 Å². The van der Waals surface area contributed by atoms with Gasteiger partial charge in [0.15, 0.2) is 0 Å². The van der Waals surface area contributed by atoms with E-state index in [4.69, 9.17) is 0 Å². The molecule has 25 heavy (non-hydrogen) atoms. The second kappa shape index (κ2) is 7.61. The monoisotopic (exact) mass is 401 g/mol. The minimum Gasteiger partial charge on any atom is -0.337 e. The molecule has 6 heteroatoms. The molecule has 128 valence electrons. The Labute approximate surface area is 154 Å². The number of hydrogen-bond acceptors (Lipinski definition) is 2. The number of nitrogens with zero attached hydrogens (tertiary/aromatic N) is 3. The summed E-state index contributed by atoms with van der Waals surface area (Å²) in [7, 11) is 1.65. The molecule has 0 N–H and O–H groups in total. The maximum Gasteiger partial charge on any atom is 0.256 e. The predicted octanol–water partition coefficient (Wildman–Crippen LogP) is 4.11. The Bertz CT molecular complexity index is 879. The van der Waals surface area contributed by atoms with Crippen LogP contribution in [-0.4, -0.2) is 27.6 Å². The van der Waals surface area contributed by atoms with E-state index in [1.807, 2.05) is 41.2 Å². The molecular formula is C19H17BrFN3O. The van der Waals surface area contributed by atoms with E-state index in [9.17, 15) is 9.18 Å². The second-order valence-corrected chi connectivity index (χ2v) is 6.73. The molecule has 1 heterocycles. The number of amides is 1. The molecule has 3 rings (SSSR count). The molecule has 1 amide bonds. The zero-order valence-corrected chi connectivity index (χ0v) is 15.3. The van der Waals surface area contributed by atoms with Gasteiger partial charge in [0.25, 0.3) is 5.91 Å². The summed E-state index contributed by atoms with van der Waals surface area (Å²) in [6.45, 7) is 1.03. The second-order valence-electron chi connectivity index (χ2n) is 5.82. The van der Waals surface area contributed by atoms with Gasteiger partial charge in [-0.1, -0.05) is 46.3 Å². The van der Waals surface area contributed by atoms with Crippen LogP contribution in [0, 0.1) is 5.82 Å². The summed E-state index contributed by atoms with van der Waals surface area (Å²) in [5, 5.41) is 4.32. The molecule has 0 aliphatic heterocycles. The van der Waals surface area contributed by atoms with Crippen molar-refractivity contribution in [1.82, 2.24) is 14.7 Å². The zero-order valence-electron chi connectivity index (χ0n) is 13.7. The molecule has 0 unspecified atom stereocenters. The Morgan fingerprint density at radius 1 is 1.20 bits per heavy atom. The van der Waals surface area contributed by atoms with Gasteiger partial charge < -0.3 is 4.90 Å². The fourth-order valence-electron chi connectivity index (χ4n) is 2.56. The van der Waals surface area contributed by atoms with Crippen molar-refractivity contribution in [3.8, 4) is 0 Å². The first-order valence-corrected chi connectivity index (χ1v) is 8.58. The number of halogens is 2. The molecule has 0 saturated carbocycles. The van der Waals surface area contributed by atoms with Crippen LogP contribution in [0.5, 0.6) is 0 Å². The highest BCUT2D eigenvalue weighted by molar-refractivity contribution is 9.10. The van der Waals surface area contributed by atoms with Gasteiger partial charge in [-0.3, -0.25) is 9.48 Å². The van der Waals surface area contributed by atoms with Crippen molar-refractivity contribution in [2.24, 2.45) is 0 Å². The van der Waals surface area contributed by atoms with Gasteiger partial charge in [0.2, 0.25) is 0 Å². The van der Waals surface area contributed by atoms with Gasteiger partial charge in [-0.2, -0.15) is 5.10 Å². The summed E-state index contributed by atoms with van der Waals surface area (Å²) >= 11 is 3.19. The maximum atomic E-state index is 14.0. The van der Waals surface area contributed by atoms with E-state index in [2.05, 4.69) is 21.0 Å². The third-order valence-electron chi connectivity index (χ3n) is 3.80. The van der Waals surface area contributed by atoms with Crippen LogP contribution in [0.3, 0.4) is 0 Å². The van der Waals surface area contributed by atoms with Crippen molar-refractivity contribution in [1.29, 1.82) is 0 Å². The summed E-state index contributed by atoms with van der Waals surface area (Å²) in [6.07, 6.45) is 3.62. The van der Waals surface area contributed by atoms with Crippen LogP contribution >= 0.6 is 15.9 Å². The average molecular weight is 402 g/mol. The fraction of sp³-hybridized carbons (Fsp3) is 0.158. The van der Waals surface area contributed by atoms with Crippen molar-refractivity contribution in [2.75, 3.05) is 7.05 Å². The lowest BCUT2D eigenvalue weighted by atomic mass is 10.2. The van der Waals surface area contributed by atoms with Crippen LogP contribution in [0.2, 0.25) is 0 Å². The molecule has 0 aliphatic rings. The first-order valence-electron chi connectivity index (χ1n) is 7.78. The number of carbonyl (C=O) groups is 1. The van der Waals surface area contributed by atoms with Crippen LogP contribution in [0.25, 0.3) is 0 Å². The van der Waals surface area contributed by atoms with E-state index < -0.39 is 5.82 Å². The molecule has 1 aromatic heterocycles. The Balaban J connectivity index is 1.67. The molecule has 0 radical (unpaired) electrons. The Kier molecular flexibility index (Phi) is 5.28. The number of carbonyl (C=O) groups excluding carboxylic acids is 1. The Hall–Kier alpha value is -2.47. The van der Waals surface area contributed by atoms with Gasteiger partial charge in [-0.15, -0.1) is 0 Å².